The second-order valence-electron chi connectivity index (χ2n) is 5.51. The minimum atomic E-state index is -0.747. The molecule has 0 spiro atoms. The molecule has 0 saturated heterocycles. The van der Waals surface area contributed by atoms with E-state index >= 15 is 0 Å². The molecule has 2 N–H and O–H groups in total. The molecule has 5 nitrogen and oxygen atoms in total. The maximum atomic E-state index is 12.1. The molecular formula is C15H28N2O3. The molecule has 0 radical (unpaired) electrons. The van der Waals surface area contributed by atoms with Crippen molar-refractivity contribution in [2.75, 3.05) is 13.1 Å². The van der Waals surface area contributed by atoms with Crippen molar-refractivity contribution < 1.29 is 14.7 Å². The highest BCUT2D eigenvalue weighted by Gasteiger charge is 2.23. The molecular weight excluding hydrogens is 256 g/mol. The summed E-state index contributed by atoms with van der Waals surface area (Å²) in [6, 6.07) is 0.443. The number of aliphatic carboxylic acids is 1. The van der Waals surface area contributed by atoms with Crippen LogP contribution in [0.15, 0.2) is 0 Å². The number of carboxylic acids is 1. The fourth-order valence-electron chi connectivity index (χ4n) is 2.84. The van der Waals surface area contributed by atoms with Crippen molar-refractivity contribution in [3.63, 3.8) is 0 Å². The fourth-order valence-corrected chi connectivity index (χ4v) is 2.84. The highest BCUT2D eigenvalue weighted by atomic mass is 16.4. The Kier molecular flexibility index (Phi) is 8.07. The van der Waals surface area contributed by atoms with E-state index in [-0.39, 0.29) is 12.5 Å². The molecule has 1 aliphatic rings. The van der Waals surface area contributed by atoms with Crippen LogP contribution < -0.4 is 5.32 Å². The Morgan fingerprint density at radius 1 is 1.15 bits per heavy atom. The van der Waals surface area contributed by atoms with Crippen molar-refractivity contribution in [3.05, 3.63) is 0 Å². The topological polar surface area (TPSA) is 69.6 Å². The van der Waals surface area contributed by atoms with Crippen LogP contribution in [0.25, 0.3) is 0 Å². The number of urea groups is 1. The largest absolute Gasteiger partial charge is 0.481 e. The second-order valence-corrected chi connectivity index (χ2v) is 5.51. The predicted molar refractivity (Wildman–Crippen MR) is 78.8 cm³/mol. The van der Waals surface area contributed by atoms with Crippen LogP contribution in [0.3, 0.4) is 0 Å². The average molecular weight is 284 g/mol. The Labute approximate surface area is 121 Å². The summed E-state index contributed by atoms with van der Waals surface area (Å²) in [4.78, 5) is 24.5. The summed E-state index contributed by atoms with van der Waals surface area (Å²) in [5.41, 5.74) is 0. The van der Waals surface area contributed by atoms with Gasteiger partial charge in [0, 0.05) is 25.6 Å². The van der Waals surface area contributed by atoms with Gasteiger partial charge in [0.15, 0.2) is 0 Å². The van der Waals surface area contributed by atoms with Gasteiger partial charge in [-0.15, -0.1) is 0 Å². The summed E-state index contributed by atoms with van der Waals surface area (Å²) >= 11 is 0. The third kappa shape index (κ3) is 6.26. The van der Waals surface area contributed by atoms with Crippen LogP contribution in [0.5, 0.6) is 0 Å². The first-order valence-corrected chi connectivity index (χ1v) is 7.91. The van der Waals surface area contributed by atoms with Gasteiger partial charge >= 0.3 is 12.0 Å². The minimum absolute atomic E-state index is 0.0395. The van der Waals surface area contributed by atoms with Crippen LogP contribution in [0, 0.1) is 0 Å². The third-order valence-corrected chi connectivity index (χ3v) is 3.96. The van der Waals surface area contributed by atoms with E-state index in [0.717, 1.165) is 32.2 Å². The molecule has 0 heterocycles. The fraction of sp³-hybridized carbons (Fsp3) is 0.867. The lowest BCUT2D eigenvalue weighted by molar-refractivity contribution is -0.137. The first kappa shape index (κ1) is 16.8. The molecule has 0 aromatic rings. The third-order valence-electron chi connectivity index (χ3n) is 3.96. The highest BCUT2D eigenvalue weighted by molar-refractivity contribution is 5.74. The maximum absolute atomic E-state index is 12.1. The zero-order valence-electron chi connectivity index (χ0n) is 12.6. The van der Waals surface area contributed by atoms with Gasteiger partial charge in [0.1, 0.15) is 0 Å². The number of carbonyl (C=O) groups is 2. The quantitative estimate of drug-likeness (QED) is 0.673. The first-order valence-electron chi connectivity index (χ1n) is 7.91. The Bertz CT molecular complexity index is 301. The van der Waals surface area contributed by atoms with Crippen LogP contribution in [-0.2, 0) is 4.79 Å². The molecule has 0 unspecified atom stereocenters. The lowest BCUT2D eigenvalue weighted by Gasteiger charge is -2.33. The van der Waals surface area contributed by atoms with Crippen molar-refractivity contribution in [1.29, 1.82) is 0 Å². The van der Waals surface area contributed by atoms with Crippen LogP contribution in [0.2, 0.25) is 0 Å². The van der Waals surface area contributed by atoms with Gasteiger partial charge in [-0.3, -0.25) is 4.79 Å². The molecule has 1 saturated carbocycles. The number of hydrogen-bond acceptors (Lipinski definition) is 2. The molecule has 0 atom stereocenters. The van der Waals surface area contributed by atoms with Gasteiger partial charge in [-0.2, -0.15) is 0 Å². The van der Waals surface area contributed by atoms with E-state index in [4.69, 9.17) is 5.11 Å². The van der Waals surface area contributed by atoms with Gasteiger partial charge in [0.25, 0.3) is 0 Å². The number of amides is 2. The summed E-state index contributed by atoms with van der Waals surface area (Å²) in [5, 5.41) is 11.5. The Morgan fingerprint density at radius 3 is 2.45 bits per heavy atom. The van der Waals surface area contributed by atoms with E-state index in [9.17, 15) is 9.59 Å². The zero-order valence-corrected chi connectivity index (χ0v) is 12.6. The van der Waals surface area contributed by atoms with Crippen molar-refractivity contribution in [1.82, 2.24) is 10.2 Å². The molecule has 2 amide bonds. The molecule has 5 heteroatoms. The summed E-state index contributed by atoms with van der Waals surface area (Å²) in [7, 11) is 0. The monoisotopic (exact) mass is 284 g/mol. The van der Waals surface area contributed by atoms with Gasteiger partial charge < -0.3 is 15.3 Å². The van der Waals surface area contributed by atoms with Gasteiger partial charge in [-0.05, 0) is 32.6 Å². The van der Waals surface area contributed by atoms with E-state index in [2.05, 4.69) is 5.32 Å². The average Bonchev–Trinajstić information content (AvgIpc) is 2.44. The maximum Gasteiger partial charge on any atom is 0.317 e. The predicted octanol–water partition coefficient (Wildman–Crippen LogP) is 3.00. The molecule has 1 rings (SSSR count). The van der Waals surface area contributed by atoms with Crippen molar-refractivity contribution in [2.45, 2.75) is 70.8 Å². The number of nitrogens with one attached hydrogen (secondary N) is 1. The normalized spacial score (nSPS) is 15.8. The molecule has 116 valence electrons. The van der Waals surface area contributed by atoms with Crippen molar-refractivity contribution >= 4 is 12.0 Å². The van der Waals surface area contributed by atoms with Crippen LogP contribution in [0.4, 0.5) is 4.79 Å². The van der Waals surface area contributed by atoms with Gasteiger partial charge in [-0.25, -0.2) is 4.79 Å². The van der Waals surface area contributed by atoms with E-state index < -0.39 is 5.97 Å². The van der Waals surface area contributed by atoms with Crippen LogP contribution >= 0.6 is 0 Å². The Balaban J connectivity index is 2.17. The SMILES string of the molecule is CCN(C(=O)NCCCCCC(=O)O)C1CCCCC1. The lowest BCUT2D eigenvalue weighted by Crippen LogP contribution is -2.47. The van der Waals surface area contributed by atoms with E-state index in [1.807, 2.05) is 11.8 Å². The second kappa shape index (κ2) is 9.61. The highest BCUT2D eigenvalue weighted by Crippen LogP contribution is 2.22. The summed E-state index contributed by atoms with van der Waals surface area (Å²) in [6.07, 6.45) is 8.60. The smallest absolute Gasteiger partial charge is 0.317 e. The standard InChI is InChI=1S/C15H28N2O3/c1-2-17(13-9-5-3-6-10-13)15(20)16-12-8-4-7-11-14(18)19/h13H,2-12H2,1H3,(H,16,20)(H,18,19). The molecule has 1 fully saturated rings. The number of rotatable bonds is 8. The minimum Gasteiger partial charge on any atom is -0.481 e. The first-order chi connectivity index (χ1) is 9.65. The number of hydrogen-bond donors (Lipinski definition) is 2. The molecule has 0 aromatic carbocycles. The summed E-state index contributed by atoms with van der Waals surface area (Å²) in [5.74, 6) is -0.747. The number of carbonyl (C=O) groups excluding carboxylic acids is 1. The molecule has 0 aliphatic heterocycles. The molecule has 0 aromatic heterocycles. The van der Waals surface area contributed by atoms with Crippen molar-refractivity contribution in [3.8, 4) is 0 Å². The van der Waals surface area contributed by atoms with Gasteiger partial charge in [0.05, 0.1) is 0 Å². The number of unbranched alkanes of at least 4 members (excludes halogenated alkanes) is 2. The molecule has 0 bridgehead atoms. The Hall–Kier alpha value is -1.26. The van der Waals surface area contributed by atoms with Gasteiger partial charge in [-0.1, -0.05) is 25.7 Å². The van der Waals surface area contributed by atoms with Gasteiger partial charge in [0.2, 0.25) is 0 Å². The number of nitrogens with zero attached hydrogens (tertiary/aromatic N) is 1. The van der Waals surface area contributed by atoms with E-state index in [0.29, 0.717) is 19.0 Å². The Morgan fingerprint density at radius 2 is 1.85 bits per heavy atom. The summed E-state index contributed by atoms with van der Waals surface area (Å²) in [6.45, 7) is 3.43. The summed E-state index contributed by atoms with van der Waals surface area (Å²) < 4.78 is 0. The number of carboxylic acid groups (broad SMARTS) is 1. The van der Waals surface area contributed by atoms with Crippen molar-refractivity contribution in [2.24, 2.45) is 0 Å². The zero-order chi connectivity index (χ0) is 14.8. The molecule has 1 aliphatic carbocycles. The van der Waals surface area contributed by atoms with Crippen LogP contribution in [-0.4, -0.2) is 41.1 Å². The van der Waals surface area contributed by atoms with E-state index in [1.165, 1.54) is 19.3 Å². The molecule has 20 heavy (non-hydrogen) atoms. The van der Waals surface area contributed by atoms with E-state index in [1.54, 1.807) is 0 Å². The lowest BCUT2D eigenvalue weighted by atomic mass is 9.94. The van der Waals surface area contributed by atoms with Crippen LogP contribution in [0.1, 0.15) is 64.7 Å².